The summed E-state index contributed by atoms with van der Waals surface area (Å²) in [6.07, 6.45) is 8.52. The van der Waals surface area contributed by atoms with Crippen LogP contribution in [0.1, 0.15) is 63.3 Å². The molecular formula is C19H29N5O. The van der Waals surface area contributed by atoms with E-state index in [2.05, 4.69) is 27.3 Å². The summed E-state index contributed by atoms with van der Waals surface area (Å²) in [7, 11) is 0. The van der Waals surface area contributed by atoms with Gasteiger partial charge in [0.15, 0.2) is 5.82 Å². The van der Waals surface area contributed by atoms with Crippen molar-refractivity contribution in [3.63, 3.8) is 0 Å². The van der Waals surface area contributed by atoms with Crippen LogP contribution >= 0.6 is 0 Å². The molecule has 3 rings (SSSR count). The Morgan fingerprint density at radius 2 is 2.08 bits per heavy atom. The molecule has 0 atom stereocenters. The minimum atomic E-state index is -0.472. The van der Waals surface area contributed by atoms with E-state index in [1.807, 2.05) is 30.7 Å². The second kappa shape index (κ2) is 7.52. The van der Waals surface area contributed by atoms with Gasteiger partial charge in [0.2, 0.25) is 5.95 Å². The van der Waals surface area contributed by atoms with Crippen LogP contribution in [0.4, 0.5) is 5.95 Å². The Hall–Kier alpha value is -1.95. The van der Waals surface area contributed by atoms with E-state index in [1.165, 1.54) is 0 Å². The van der Waals surface area contributed by atoms with Crippen LogP contribution in [0.5, 0.6) is 0 Å². The lowest BCUT2D eigenvalue weighted by Crippen LogP contribution is -2.38. The first-order valence-corrected chi connectivity index (χ1v) is 9.35. The number of nitrogens with zero attached hydrogens (tertiary/aromatic N) is 4. The Kier molecular flexibility index (Phi) is 5.37. The average Bonchev–Trinajstić information content (AvgIpc) is 2.94. The lowest BCUT2D eigenvalue weighted by atomic mass is 9.79. The molecule has 0 radical (unpaired) electrons. The molecule has 0 bridgehead atoms. The topological polar surface area (TPSA) is 75.9 Å². The third kappa shape index (κ3) is 4.37. The van der Waals surface area contributed by atoms with E-state index in [0.717, 1.165) is 62.2 Å². The van der Waals surface area contributed by atoms with Gasteiger partial charge in [-0.3, -0.25) is 0 Å². The van der Waals surface area contributed by atoms with Gasteiger partial charge in [0.25, 0.3) is 0 Å². The van der Waals surface area contributed by atoms with Gasteiger partial charge in [-0.1, -0.05) is 19.8 Å². The van der Waals surface area contributed by atoms with Crippen molar-refractivity contribution in [3.8, 4) is 5.82 Å². The molecule has 0 aliphatic heterocycles. The van der Waals surface area contributed by atoms with Crippen molar-refractivity contribution in [2.75, 3.05) is 5.32 Å². The van der Waals surface area contributed by atoms with Crippen molar-refractivity contribution < 1.29 is 5.11 Å². The fourth-order valence-electron chi connectivity index (χ4n) is 3.64. The summed E-state index contributed by atoms with van der Waals surface area (Å²) in [5, 5.41) is 18.6. The fraction of sp³-hybridized carbons (Fsp3) is 0.632. The summed E-state index contributed by atoms with van der Waals surface area (Å²) in [6, 6.07) is 4.22. The zero-order valence-electron chi connectivity index (χ0n) is 15.5. The Balaban J connectivity index is 1.63. The second-order valence-corrected chi connectivity index (χ2v) is 7.32. The van der Waals surface area contributed by atoms with Gasteiger partial charge in [-0.2, -0.15) is 10.1 Å². The van der Waals surface area contributed by atoms with Crippen LogP contribution in [0.15, 0.2) is 18.3 Å². The molecule has 2 N–H and O–H groups in total. The number of aromatic nitrogens is 4. The van der Waals surface area contributed by atoms with E-state index in [9.17, 15) is 5.11 Å². The predicted octanol–water partition coefficient (Wildman–Crippen LogP) is 3.55. The van der Waals surface area contributed by atoms with Crippen molar-refractivity contribution in [1.29, 1.82) is 0 Å². The van der Waals surface area contributed by atoms with Crippen LogP contribution in [-0.4, -0.2) is 36.5 Å². The molecule has 1 aliphatic carbocycles. The summed E-state index contributed by atoms with van der Waals surface area (Å²) in [5.41, 5.74) is 1.56. The van der Waals surface area contributed by atoms with Crippen molar-refractivity contribution >= 4 is 5.95 Å². The van der Waals surface area contributed by atoms with E-state index in [-0.39, 0.29) is 0 Å². The van der Waals surface area contributed by atoms with E-state index in [1.54, 1.807) is 6.20 Å². The monoisotopic (exact) mass is 343 g/mol. The number of unbranched alkanes of at least 4 members (excludes halogenated alkanes) is 1. The van der Waals surface area contributed by atoms with E-state index < -0.39 is 5.60 Å². The summed E-state index contributed by atoms with van der Waals surface area (Å²) in [4.78, 5) is 8.97. The molecule has 1 saturated carbocycles. The maximum absolute atomic E-state index is 10.6. The molecule has 136 valence electrons. The number of aliphatic hydroxyl groups is 1. The standard InChI is InChI=1S/C19H29N5O/c1-4-5-9-19(25)10-6-16(7-11-19)21-18-20-12-8-17(22-18)24-15(3)13-14(2)23-24/h8,12-13,16,25H,4-7,9-11H2,1-3H3,(H,20,21,22). The van der Waals surface area contributed by atoms with Gasteiger partial charge in [-0.25, -0.2) is 9.67 Å². The zero-order chi connectivity index (χ0) is 17.9. The molecule has 6 heteroatoms. The van der Waals surface area contributed by atoms with Crippen molar-refractivity contribution in [2.45, 2.75) is 77.4 Å². The molecule has 0 unspecified atom stereocenters. The molecule has 2 aromatic heterocycles. The van der Waals surface area contributed by atoms with Gasteiger partial charge in [0, 0.05) is 24.0 Å². The highest BCUT2D eigenvalue weighted by atomic mass is 16.3. The minimum absolute atomic E-state index is 0.317. The average molecular weight is 343 g/mol. The van der Waals surface area contributed by atoms with Gasteiger partial charge >= 0.3 is 0 Å². The largest absolute Gasteiger partial charge is 0.390 e. The van der Waals surface area contributed by atoms with Gasteiger partial charge in [-0.15, -0.1) is 0 Å². The van der Waals surface area contributed by atoms with E-state index in [0.29, 0.717) is 12.0 Å². The highest BCUT2D eigenvalue weighted by Gasteiger charge is 2.32. The second-order valence-electron chi connectivity index (χ2n) is 7.32. The Labute approximate surface area is 149 Å². The lowest BCUT2D eigenvalue weighted by molar-refractivity contribution is -0.00804. The van der Waals surface area contributed by atoms with Crippen LogP contribution < -0.4 is 5.32 Å². The van der Waals surface area contributed by atoms with Gasteiger partial charge in [0.05, 0.1) is 11.3 Å². The molecule has 0 aromatic carbocycles. The van der Waals surface area contributed by atoms with Crippen LogP contribution in [0.3, 0.4) is 0 Å². The molecule has 2 heterocycles. The SMILES string of the molecule is CCCCC1(O)CCC(Nc2nccc(-n3nc(C)cc3C)n2)CC1. The van der Waals surface area contributed by atoms with Crippen LogP contribution in [0, 0.1) is 13.8 Å². The molecule has 1 fully saturated rings. The normalized spacial score (nSPS) is 23.6. The predicted molar refractivity (Wildman–Crippen MR) is 99.0 cm³/mol. The van der Waals surface area contributed by atoms with Crippen LogP contribution in [0.2, 0.25) is 0 Å². The number of aryl methyl sites for hydroxylation is 2. The summed E-state index contributed by atoms with van der Waals surface area (Å²) >= 11 is 0. The molecule has 2 aromatic rings. The molecule has 25 heavy (non-hydrogen) atoms. The zero-order valence-corrected chi connectivity index (χ0v) is 15.5. The third-order valence-electron chi connectivity index (χ3n) is 5.11. The molecular weight excluding hydrogens is 314 g/mol. The van der Waals surface area contributed by atoms with Crippen LogP contribution in [-0.2, 0) is 0 Å². The smallest absolute Gasteiger partial charge is 0.224 e. The first-order chi connectivity index (χ1) is 12.0. The molecule has 1 aliphatic rings. The number of nitrogens with one attached hydrogen (secondary N) is 1. The molecule has 0 saturated heterocycles. The maximum atomic E-state index is 10.6. The van der Waals surface area contributed by atoms with Crippen molar-refractivity contribution in [2.24, 2.45) is 0 Å². The Morgan fingerprint density at radius 1 is 1.32 bits per heavy atom. The lowest BCUT2D eigenvalue weighted by Gasteiger charge is -2.36. The quantitative estimate of drug-likeness (QED) is 0.839. The first-order valence-electron chi connectivity index (χ1n) is 9.35. The number of hydrogen-bond donors (Lipinski definition) is 2. The fourth-order valence-corrected chi connectivity index (χ4v) is 3.64. The van der Waals surface area contributed by atoms with E-state index >= 15 is 0 Å². The van der Waals surface area contributed by atoms with Gasteiger partial charge in [0.1, 0.15) is 0 Å². The number of anilines is 1. The van der Waals surface area contributed by atoms with Crippen LogP contribution in [0.25, 0.3) is 5.82 Å². The maximum Gasteiger partial charge on any atom is 0.224 e. The minimum Gasteiger partial charge on any atom is -0.390 e. The molecule has 0 amide bonds. The van der Waals surface area contributed by atoms with Gasteiger partial charge in [-0.05, 0) is 52.0 Å². The van der Waals surface area contributed by atoms with E-state index in [4.69, 9.17) is 0 Å². The molecule has 0 spiro atoms. The van der Waals surface area contributed by atoms with Gasteiger partial charge < -0.3 is 10.4 Å². The summed E-state index contributed by atoms with van der Waals surface area (Å²) < 4.78 is 1.84. The Morgan fingerprint density at radius 3 is 2.72 bits per heavy atom. The number of rotatable bonds is 6. The summed E-state index contributed by atoms with van der Waals surface area (Å²) in [6.45, 7) is 6.17. The highest BCUT2D eigenvalue weighted by molar-refractivity contribution is 5.34. The Bertz CT molecular complexity index is 704. The highest BCUT2D eigenvalue weighted by Crippen LogP contribution is 2.33. The molecule has 6 nitrogen and oxygen atoms in total. The van der Waals surface area contributed by atoms with Crippen molar-refractivity contribution in [1.82, 2.24) is 19.7 Å². The van der Waals surface area contributed by atoms with Crippen molar-refractivity contribution in [3.05, 3.63) is 29.7 Å². The summed E-state index contributed by atoms with van der Waals surface area (Å²) in [5.74, 6) is 1.41. The third-order valence-corrected chi connectivity index (χ3v) is 5.11. The number of hydrogen-bond acceptors (Lipinski definition) is 5. The first kappa shape index (κ1) is 17.9.